The second-order valence-electron chi connectivity index (χ2n) is 26.6. The van der Waals surface area contributed by atoms with Crippen molar-refractivity contribution in [2.45, 2.75) is 0 Å². The number of aromatic nitrogens is 9. The third-order valence-electron chi connectivity index (χ3n) is 20.3. The topological polar surface area (TPSA) is 115 Å². The summed E-state index contributed by atoms with van der Waals surface area (Å²) < 4.78 is 2.33. The van der Waals surface area contributed by atoms with E-state index in [2.05, 4.69) is 263 Å². The third kappa shape index (κ3) is 10.9. The van der Waals surface area contributed by atoms with Gasteiger partial charge in [0.2, 0.25) is 0 Å². The summed E-state index contributed by atoms with van der Waals surface area (Å²) in [6.07, 6.45) is 0. The predicted octanol–water partition coefficient (Wildman–Crippen LogP) is 20.7. The minimum atomic E-state index is -0.00908. The molecule has 0 fully saturated rings. The zero-order valence-electron chi connectivity index (χ0n) is 57.1. The Morgan fingerprint density at radius 3 is 1.08 bits per heavy atom. The third-order valence-corrected chi connectivity index (χ3v) is 20.3. The van der Waals surface area contributed by atoms with Crippen molar-refractivity contribution in [3.8, 4) is 119 Å². The van der Waals surface area contributed by atoms with Crippen LogP contribution in [0.4, 0.5) is 34.1 Å². The minimum Gasteiger partial charge on any atom is -0.311 e. The highest BCUT2D eigenvalue weighted by Crippen LogP contribution is 2.47. The summed E-state index contributed by atoms with van der Waals surface area (Å²) in [5.74, 6) is 3.89. The van der Waals surface area contributed by atoms with E-state index in [1.165, 1.54) is 16.4 Å². The molecule has 0 radical (unpaired) electrons. The molecule has 2 aliphatic rings. The van der Waals surface area contributed by atoms with Crippen LogP contribution >= 0.6 is 0 Å². The van der Waals surface area contributed by atoms with Crippen LogP contribution in [0.2, 0.25) is 0 Å². The van der Waals surface area contributed by atoms with E-state index >= 15 is 0 Å². The minimum absolute atomic E-state index is 0.00908. The highest BCUT2D eigenvalue weighted by molar-refractivity contribution is 7.00. The molecular formula is C94H60BN11. The maximum Gasteiger partial charge on any atom is 0.252 e. The van der Waals surface area contributed by atoms with Gasteiger partial charge in [0.05, 0.1) is 28.1 Å². The first-order chi connectivity index (χ1) is 52.5. The molecule has 18 aromatic rings. The summed E-state index contributed by atoms with van der Waals surface area (Å²) in [5.41, 5.74) is 24.8. The summed E-state index contributed by atoms with van der Waals surface area (Å²) in [6.45, 7) is -0.00908. The van der Waals surface area contributed by atoms with Crippen LogP contribution in [-0.2, 0) is 0 Å². The number of fused-ring (bicyclic) bond motifs is 7. The Kier molecular flexibility index (Phi) is 15.0. The molecule has 20 rings (SSSR count). The number of rotatable bonds is 13. The molecule has 0 N–H and O–H groups in total. The van der Waals surface area contributed by atoms with Gasteiger partial charge in [-0.05, 0) is 119 Å². The van der Waals surface area contributed by atoms with E-state index in [1.807, 2.05) is 115 Å². The summed E-state index contributed by atoms with van der Waals surface area (Å²) in [7, 11) is 0. The van der Waals surface area contributed by atoms with Gasteiger partial charge in [-0.25, -0.2) is 39.9 Å². The van der Waals surface area contributed by atoms with E-state index < -0.39 is 0 Å². The molecule has 0 bridgehead atoms. The lowest BCUT2D eigenvalue weighted by molar-refractivity contribution is 1.06. The molecule has 0 saturated heterocycles. The van der Waals surface area contributed by atoms with E-state index in [9.17, 15) is 0 Å². The van der Waals surface area contributed by atoms with E-state index in [0.717, 1.165) is 134 Å². The van der Waals surface area contributed by atoms with E-state index in [0.29, 0.717) is 40.8 Å². The van der Waals surface area contributed by atoms with E-state index in [4.69, 9.17) is 39.9 Å². The Morgan fingerprint density at radius 1 is 0.208 bits per heavy atom. The molecule has 0 aliphatic carbocycles. The molecule has 0 atom stereocenters. The first-order valence-corrected chi connectivity index (χ1v) is 35.6. The number of hydrogen-bond acceptors (Lipinski definition) is 10. The lowest BCUT2D eigenvalue weighted by atomic mass is 9.33. The second kappa shape index (κ2) is 25.9. The van der Waals surface area contributed by atoms with Crippen LogP contribution in [-0.4, -0.2) is 51.2 Å². The Labute approximate surface area is 612 Å². The van der Waals surface area contributed by atoms with Crippen LogP contribution in [0.25, 0.3) is 141 Å². The first-order valence-electron chi connectivity index (χ1n) is 35.6. The Bertz CT molecular complexity index is 6160. The maximum atomic E-state index is 5.64. The van der Waals surface area contributed by atoms with E-state index in [-0.39, 0.29) is 6.71 Å². The second-order valence-corrected chi connectivity index (χ2v) is 26.6. The Balaban J connectivity index is 0.779. The van der Waals surface area contributed by atoms with Crippen LogP contribution in [0.5, 0.6) is 0 Å². The smallest absolute Gasteiger partial charge is 0.252 e. The fraction of sp³-hybridized carbons (Fsp3) is 0. The van der Waals surface area contributed by atoms with Gasteiger partial charge in [0.1, 0.15) is 0 Å². The van der Waals surface area contributed by atoms with Gasteiger partial charge >= 0.3 is 0 Å². The fourth-order valence-electron chi connectivity index (χ4n) is 15.4. The normalized spacial score (nSPS) is 12.1. The van der Waals surface area contributed by atoms with Gasteiger partial charge in [0.15, 0.2) is 40.8 Å². The van der Waals surface area contributed by atoms with Gasteiger partial charge in [0, 0.05) is 95.0 Å². The standard InChI is InChI=1S/C94H60BN11/c1-8-28-62(29-9-1)78-60-79(97-88(96-78)63-30-10-2-11-31-63)68-52-54-82(106-80-45-25-22-42-73(80)74-57-69(53-55-81(74)106)93-100-89(64-32-12-3-13-33-64)98-90(101-93)65-34-14-4-15-35-65)75(56-68)94-102-91(66-36-16-5-17-37-66)99-92(103-94)67-50-48-61(49-51-67)70-58-85-87-86(59-70)105(72-40-20-7-21-41-72)84-47-27-24-44-77(84)95(87)76-43-23-26-46-83(76)104(85)71-38-18-6-19-39-71/h1-60H. The van der Waals surface area contributed by atoms with Gasteiger partial charge in [-0.3, -0.25) is 0 Å². The lowest BCUT2D eigenvalue weighted by Gasteiger charge is -2.44. The van der Waals surface area contributed by atoms with Gasteiger partial charge in [-0.2, -0.15) is 0 Å². The molecule has 12 heteroatoms. The molecule has 2 aliphatic heterocycles. The lowest BCUT2D eigenvalue weighted by Crippen LogP contribution is -2.61. The molecule has 106 heavy (non-hydrogen) atoms. The zero-order valence-corrected chi connectivity index (χ0v) is 57.1. The van der Waals surface area contributed by atoms with Crippen LogP contribution in [0.1, 0.15) is 0 Å². The van der Waals surface area contributed by atoms with E-state index in [1.54, 1.807) is 0 Å². The van der Waals surface area contributed by atoms with Gasteiger partial charge in [-0.1, -0.05) is 273 Å². The van der Waals surface area contributed by atoms with Crippen molar-refractivity contribution in [1.82, 2.24) is 44.4 Å². The van der Waals surface area contributed by atoms with Crippen molar-refractivity contribution < 1.29 is 0 Å². The van der Waals surface area contributed by atoms with Crippen molar-refractivity contribution in [2.75, 3.05) is 9.80 Å². The van der Waals surface area contributed by atoms with Gasteiger partial charge < -0.3 is 14.4 Å². The number of para-hydroxylation sites is 5. The molecule has 0 unspecified atom stereocenters. The van der Waals surface area contributed by atoms with Crippen LogP contribution in [0, 0.1) is 0 Å². The Morgan fingerprint density at radius 2 is 0.575 bits per heavy atom. The zero-order chi connectivity index (χ0) is 70.0. The molecule has 0 saturated carbocycles. The average molecular weight is 1350 g/mol. The number of nitrogens with zero attached hydrogens (tertiary/aromatic N) is 11. The average Bonchev–Trinajstić information content (AvgIpc) is 0.843. The number of anilines is 6. The molecule has 6 heterocycles. The largest absolute Gasteiger partial charge is 0.311 e. The predicted molar refractivity (Wildman–Crippen MR) is 432 cm³/mol. The van der Waals surface area contributed by atoms with Crippen molar-refractivity contribution in [1.29, 1.82) is 0 Å². The molecule has 0 spiro atoms. The van der Waals surface area contributed by atoms with Crippen LogP contribution in [0.3, 0.4) is 0 Å². The van der Waals surface area contributed by atoms with Gasteiger partial charge in [0.25, 0.3) is 6.71 Å². The van der Waals surface area contributed by atoms with Crippen molar-refractivity contribution in [3.05, 3.63) is 364 Å². The summed E-state index contributed by atoms with van der Waals surface area (Å²) in [6, 6.07) is 127. The van der Waals surface area contributed by atoms with Crippen molar-refractivity contribution >= 4 is 79.0 Å². The quantitative estimate of drug-likeness (QED) is 0.103. The molecular weight excluding hydrogens is 1290 g/mol. The monoisotopic (exact) mass is 1350 g/mol. The molecule has 494 valence electrons. The highest BCUT2D eigenvalue weighted by Gasteiger charge is 2.43. The molecule has 14 aromatic carbocycles. The van der Waals surface area contributed by atoms with Gasteiger partial charge in [-0.15, -0.1) is 0 Å². The Hall–Kier alpha value is -14.4. The molecule has 4 aromatic heterocycles. The number of benzene rings is 14. The van der Waals surface area contributed by atoms with Crippen molar-refractivity contribution in [3.63, 3.8) is 0 Å². The fourth-order valence-corrected chi connectivity index (χ4v) is 15.4. The summed E-state index contributed by atoms with van der Waals surface area (Å²) in [4.78, 5) is 47.5. The summed E-state index contributed by atoms with van der Waals surface area (Å²) >= 11 is 0. The molecule has 0 amide bonds. The van der Waals surface area contributed by atoms with Crippen LogP contribution < -0.4 is 26.2 Å². The molecule has 11 nitrogen and oxygen atoms in total. The highest BCUT2D eigenvalue weighted by atomic mass is 15.2. The SMILES string of the molecule is c1ccc(-c2cc(-c3ccc(-n4c5ccccc5c5cc(-c6nc(-c7ccccc7)nc(-c7ccccc7)n6)ccc54)c(-c4nc(-c5ccccc5)nc(-c5ccc(-c6cc7c8c(c6)N(c6ccccc6)c6ccccc6B8c6ccccc6N7c6ccccc6)cc5)n4)c3)nc(-c3ccccc3)n2)cc1. The maximum absolute atomic E-state index is 5.64. The van der Waals surface area contributed by atoms with Crippen LogP contribution in [0.15, 0.2) is 364 Å². The van der Waals surface area contributed by atoms with Crippen molar-refractivity contribution in [2.24, 2.45) is 0 Å². The number of hydrogen-bond donors (Lipinski definition) is 0. The first kappa shape index (κ1) is 61.5. The summed E-state index contributed by atoms with van der Waals surface area (Å²) in [5, 5.41) is 2.06.